The fourth-order valence-electron chi connectivity index (χ4n) is 13.2. The number of phenols is 2. The molecule has 49 nitrogen and oxygen atoms in total. The molecular weight excluding hydrogens is 1740 g/mol. The van der Waals surface area contributed by atoms with Crippen LogP contribution in [0.25, 0.3) is 0 Å². The quantitative estimate of drug-likeness (QED) is 0.0185. The zero-order valence-corrected chi connectivity index (χ0v) is 73.1. The number of amides is 21. The largest absolute Gasteiger partial charge is 0.508 e. The molecule has 1 heterocycles. The third-order valence-electron chi connectivity index (χ3n) is 20.4. The third kappa shape index (κ3) is 39.9. The summed E-state index contributed by atoms with van der Waals surface area (Å²) in [7, 11) is 1.20. The Morgan fingerprint density at radius 3 is 1.17 bits per heavy atom. The predicted molar refractivity (Wildman–Crippen MR) is 472 cm³/mol. The lowest BCUT2D eigenvalue weighted by atomic mass is 10.0. The van der Waals surface area contributed by atoms with Crippen molar-refractivity contribution >= 4 is 130 Å². The average molecular weight is 1860 g/mol. The SMILES string of the molecule is COc1ccc2cc1C(=O)NNC(=O)[C@H](Cc1ccccc1)NC(=O)[C@H](CCCCN)NC(=O)[C@@H](N)CCCNC(=O)[C@H](Cc1ccc(O)cc1)NC(=O)[C@H](CCC(N)=O)NC(=O)[C@H](CC(N)=O)NC(=O)[C@H](CC(N)=O)NC(=O)[C@H](CCC(N)=O)NC(=O)[C@H](CCC(N)=O)NC(=O)CNC(=O)[C@@H](N)CCCNC(=O)[C@H](CCCCN)NC(=O)[C@H](Cc1ccc(O)cc1)NC(=O)C(=O)N2. The van der Waals surface area contributed by atoms with Crippen LogP contribution in [0.1, 0.15) is 143 Å². The zero-order valence-electron chi connectivity index (χ0n) is 73.1. The summed E-state index contributed by atoms with van der Waals surface area (Å²) in [5, 5.41) is 53.9. The second-order valence-electron chi connectivity index (χ2n) is 31.1. The Morgan fingerprint density at radius 2 is 0.729 bits per heavy atom. The van der Waals surface area contributed by atoms with Crippen molar-refractivity contribution in [1.82, 2.24) is 80.0 Å². The lowest BCUT2D eigenvalue weighted by molar-refractivity contribution is -0.138. The van der Waals surface area contributed by atoms with Crippen LogP contribution in [0.4, 0.5) is 5.69 Å². The molecule has 0 fully saturated rings. The summed E-state index contributed by atoms with van der Waals surface area (Å²) in [5.74, 6) is -24.1. The predicted octanol–water partition coefficient (Wildman–Crippen LogP) is -9.24. The number of aromatic hydroxyl groups is 2. The highest BCUT2D eigenvalue weighted by Crippen LogP contribution is 2.24. The van der Waals surface area contributed by atoms with Gasteiger partial charge >= 0.3 is 11.8 Å². The highest BCUT2D eigenvalue weighted by Gasteiger charge is 2.38. The normalized spacial score (nSPS) is 22.3. The number of nitrogens with one attached hydrogen (secondary N) is 16. The number of unbranched alkanes of at least 4 members (excludes halogenated alkanes) is 2. The highest BCUT2D eigenvalue weighted by atomic mass is 16.5. The maximum Gasteiger partial charge on any atom is 0.313 e. The first-order valence-electron chi connectivity index (χ1n) is 42.6. The van der Waals surface area contributed by atoms with Gasteiger partial charge in [0.05, 0.1) is 44.1 Å². The van der Waals surface area contributed by atoms with Gasteiger partial charge in [0.2, 0.25) is 100 Å². The van der Waals surface area contributed by atoms with Gasteiger partial charge in [0.25, 0.3) is 11.8 Å². The molecule has 12 atom stereocenters. The molecule has 36 N–H and O–H groups in total. The fourth-order valence-corrected chi connectivity index (χ4v) is 13.2. The summed E-state index contributed by atoms with van der Waals surface area (Å²) in [6.45, 7) is -0.986. The van der Waals surface area contributed by atoms with Crippen LogP contribution in [-0.2, 0) is 115 Å². The van der Waals surface area contributed by atoms with Gasteiger partial charge in [-0.3, -0.25) is 112 Å². The molecule has 4 aromatic rings. The molecule has 0 saturated carbocycles. The van der Waals surface area contributed by atoms with Crippen LogP contribution in [0.3, 0.4) is 0 Å². The molecule has 0 spiro atoms. The van der Waals surface area contributed by atoms with Crippen LogP contribution in [0.15, 0.2) is 97.1 Å². The van der Waals surface area contributed by atoms with E-state index in [-0.39, 0.29) is 125 Å². The minimum absolute atomic E-state index is 0.0187. The molecule has 4 aromatic carbocycles. The number of carbonyl (C=O) groups excluding carboxylic acids is 21. The number of hydrogen-bond donors (Lipinski definition) is 27. The van der Waals surface area contributed by atoms with Crippen LogP contribution < -0.4 is 142 Å². The van der Waals surface area contributed by atoms with Crippen molar-refractivity contribution < 1.29 is 116 Å². The minimum atomic E-state index is -2.14. The number of primary amides is 5. The van der Waals surface area contributed by atoms with Crippen molar-refractivity contribution in [1.29, 1.82) is 0 Å². The Morgan fingerprint density at radius 1 is 0.361 bits per heavy atom. The van der Waals surface area contributed by atoms with Gasteiger partial charge < -0.3 is 141 Å². The smallest absolute Gasteiger partial charge is 0.313 e. The van der Waals surface area contributed by atoms with Crippen LogP contribution >= 0.6 is 0 Å². The second-order valence-corrected chi connectivity index (χ2v) is 31.1. The van der Waals surface area contributed by atoms with E-state index in [1.54, 1.807) is 30.3 Å². The molecule has 49 heteroatoms. The molecule has 0 saturated heterocycles. The Kier molecular flexibility index (Phi) is 46.1. The monoisotopic (exact) mass is 1860 g/mol. The van der Waals surface area contributed by atoms with Gasteiger partial charge in [0, 0.05) is 57.3 Å². The van der Waals surface area contributed by atoms with Crippen LogP contribution in [0.2, 0.25) is 0 Å². The van der Waals surface area contributed by atoms with E-state index in [0.717, 1.165) is 6.07 Å². The summed E-state index contributed by atoms with van der Waals surface area (Å²) in [5.41, 5.74) is 56.6. The standard InChI is InChI=1S/C84H119N25O24/c1-133-63-29-21-47-40-50(63)70(118)108-109-82(130)60(37-44-11-3-2-4-12-44)104-75(123)54(16-6-8-34-86)99-72(120)52(88)14-10-36-95-74(122)58(38-45-17-22-48(110)23-18-45)103-77(125)57(28-32-66(91)114)102-80(128)61(41-67(92)115)106-81(129)62(42-68(93)116)105-78(126)56(27-31-65(90)113)101-76(124)55(26-30-64(89)112)98-69(117)43-96-71(119)51(87)13-9-35-94-73(121)53(15-5-7-33-85)100-79(127)59(107-84(132)83(131)97-47)39-46-19-24-49(111)25-20-46/h2-4,11-12,17-25,29,40,51-62,110-111H,5-10,13-16,26-28,30-39,41-43,85-88H2,1H3,(H2,89,112)(H2,90,113)(H2,91,114)(H2,92,115)(H2,93,116)(H,94,121)(H,95,122)(H,96,119)(H,97,131)(H,98,117)(H,99,120)(H,100,127)(H,101,124)(H,102,128)(H,103,125)(H,104,123)(H,105,126)(H,106,129)(H,107,132)(H,108,118)(H,109,130)/t51-,52-,53-,54-,55-,56-,57-,58-,59-,60-,61-,62-/m0/s1. The van der Waals surface area contributed by atoms with Gasteiger partial charge in [-0.2, -0.15) is 0 Å². The van der Waals surface area contributed by atoms with Gasteiger partial charge in [-0.25, -0.2) is 0 Å². The summed E-state index contributed by atoms with van der Waals surface area (Å²) >= 11 is 0. The average Bonchev–Trinajstić information content (AvgIpc) is 0.828. The van der Waals surface area contributed by atoms with E-state index < -0.39 is 254 Å². The number of phenolic OH excluding ortho intramolecular Hbond substituents is 2. The molecule has 0 aromatic heterocycles. The number of benzene rings is 4. The van der Waals surface area contributed by atoms with Crippen LogP contribution in [0.5, 0.6) is 17.2 Å². The van der Waals surface area contributed by atoms with Crippen LogP contribution in [0, 0.1) is 0 Å². The van der Waals surface area contributed by atoms with Crippen molar-refractivity contribution in [3.8, 4) is 17.2 Å². The number of ether oxygens (including phenoxy) is 1. The molecule has 0 unspecified atom stereocenters. The van der Waals surface area contributed by atoms with Gasteiger partial charge in [-0.1, -0.05) is 54.6 Å². The molecule has 0 aliphatic carbocycles. The molecule has 5 rings (SSSR count). The van der Waals surface area contributed by atoms with E-state index >= 15 is 0 Å². The summed E-state index contributed by atoms with van der Waals surface area (Å²) in [6, 6.07) is 2.51. The minimum Gasteiger partial charge on any atom is -0.508 e. The number of nitrogens with two attached hydrogens (primary N) is 9. The first-order chi connectivity index (χ1) is 63.2. The van der Waals surface area contributed by atoms with Crippen molar-refractivity contribution in [2.24, 2.45) is 51.6 Å². The van der Waals surface area contributed by atoms with Gasteiger partial charge in [-0.05, 0) is 156 Å². The number of carbonyl (C=O) groups is 21. The number of methoxy groups -OCH3 is 1. The molecule has 0 radical (unpaired) electrons. The zero-order chi connectivity index (χ0) is 98.4. The van der Waals surface area contributed by atoms with E-state index in [1.807, 2.05) is 0 Å². The number of fused-ring (bicyclic) bond motifs is 2. The third-order valence-corrected chi connectivity index (χ3v) is 20.4. The lowest BCUT2D eigenvalue weighted by Gasteiger charge is -2.27. The van der Waals surface area contributed by atoms with Crippen molar-refractivity contribution in [2.75, 3.05) is 45.2 Å². The fraction of sp³-hybridized carbons (Fsp3) is 0.464. The molecule has 2 bridgehead atoms. The maximum atomic E-state index is 14.5. The van der Waals surface area contributed by atoms with Gasteiger partial charge in [0.1, 0.15) is 77.7 Å². The summed E-state index contributed by atoms with van der Waals surface area (Å²) in [4.78, 5) is 287. The molecule has 1 aliphatic heterocycles. The first kappa shape index (κ1) is 109. The Bertz CT molecular complexity index is 4760. The van der Waals surface area contributed by atoms with Crippen LogP contribution in [-0.4, -0.2) is 247 Å². The van der Waals surface area contributed by atoms with E-state index in [1.165, 1.54) is 67.8 Å². The highest BCUT2D eigenvalue weighted by molar-refractivity contribution is 6.40. The number of rotatable bonds is 28. The van der Waals surface area contributed by atoms with E-state index in [0.29, 0.717) is 29.5 Å². The molecule has 133 heavy (non-hydrogen) atoms. The van der Waals surface area contributed by atoms with Crippen molar-refractivity contribution in [2.45, 2.75) is 207 Å². The molecule has 1 aliphatic rings. The van der Waals surface area contributed by atoms with Crippen molar-refractivity contribution in [3.63, 3.8) is 0 Å². The topological polar surface area (TPSA) is 835 Å². The van der Waals surface area contributed by atoms with Crippen molar-refractivity contribution in [3.05, 3.63) is 119 Å². The molecule has 724 valence electrons. The maximum absolute atomic E-state index is 14.5. The Hall–Kier alpha value is -15.0. The molecular formula is C84H119N25O24. The second kappa shape index (κ2) is 56.4. The number of hydrogen-bond acceptors (Lipinski definition) is 28. The number of anilines is 1. The summed E-state index contributed by atoms with van der Waals surface area (Å²) < 4.78 is 5.42. The number of hydrazine groups is 1. The van der Waals surface area contributed by atoms with E-state index in [9.17, 15) is 111 Å². The summed E-state index contributed by atoms with van der Waals surface area (Å²) in [6.07, 6.45) is -6.11. The first-order valence-corrected chi connectivity index (χ1v) is 42.6. The lowest BCUT2D eigenvalue weighted by Crippen LogP contribution is -2.60. The van der Waals surface area contributed by atoms with Gasteiger partial charge in [0.15, 0.2) is 0 Å². The Balaban J connectivity index is 1.52. The molecule has 21 amide bonds. The Labute approximate surface area is 762 Å². The van der Waals surface area contributed by atoms with E-state index in [4.69, 9.17) is 56.3 Å². The van der Waals surface area contributed by atoms with Gasteiger partial charge in [-0.15, -0.1) is 0 Å². The van der Waals surface area contributed by atoms with E-state index in [2.05, 4.69) is 85.3 Å².